The maximum absolute atomic E-state index is 12.8. The van der Waals surface area contributed by atoms with Crippen LogP contribution in [-0.2, 0) is 9.53 Å². The van der Waals surface area contributed by atoms with Gasteiger partial charge in [-0.25, -0.2) is 0 Å². The molecule has 2 unspecified atom stereocenters. The lowest BCUT2D eigenvalue weighted by atomic mass is 9.95. The van der Waals surface area contributed by atoms with E-state index in [0.29, 0.717) is 23.9 Å². The fraction of sp³-hybridized carbons (Fsp3) is 0.480. The molecule has 3 rings (SSSR count). The van der Waals surface area contributed by atoms with Gasteiger partial charge in [0.2, 0.25) is 0 Å². The Bertz CT molecular complexity index is 838. The standard InChI is InChI=1S/C25H32N2O4/c1-3-30-25(29)22(23-9-4-5-14-26-23)18-24(28)20-10-12-21(13-11-20)31-17-7-16-27-15-6-8-19(27)2/h4-5,9-14,19,22H,3,6-8,15-18H2,1-2H3. The molecule has 0 N–H and O–H groups in total. The van der Waals surface area contributed by atoms with Crippen molar-refractivity contribution in [1.29, 1.82) is 0 Å². The summed E-state index contributed by atoms with van der Waals surface area (Å²) in [5.41, 5.74) is 1.09. The summed E-state index contributed by atoms with van der Waals surface area (Å²) in [6.45, 7) is 7.19. The monoisotopic (exact) mass is 424 g/mol. The second kappa shape index (κ2) is 11.6. The lowest BCUT2D eigenvalue weighted by molar-refractivity contribution is -0.145. The SMILES string of the molecule is CCOC(=O)C(CC(=O)c1ccc(OCCCN2CCCC2C)cc1)c1ccccn1. The van der Waals surface area contributed by atoms with Crippen LogP contribution in [0.4, 0.5) is 0 Å². The molecule has 1 aliphatic heterocycles. The smallest absolute Gasteiger partial charge is 0.315 e. The van der Waals surface area contributed by atoms with Crippen LogP contribution in [0.15, 0.2) is 48.7 Å². The molecule has 31 heavy (non-hydrogen) atoms. The molecule has 6 nitrogen and oxygen atoms in total. The average molecular weight is 425 g/mol. The van der Waals surface area contributed by atoms with Crippen LogP contribution in [0, 0.1) is 0 Å². The third-order valence-electron chi connectivity index (χ3n) is 5.73. The lowest BCUT2D eigenvalue weighted by Gasteiger charge is -2.20. The molecular formula is C25H32N2O4. The van der Waals surface area contributed by atoms with Gasteiger partial charge in [0, 0.05) is 30.8 Å². The summed E-state index contributed by atoms with van der Waals surface area (Å²) in [7, 11) is 0. The van der Waals surface area contributed by atoms with Crippen molar-refractivity contribution in [2.45, 2.75) is 51.5 Å². The normalized spacial score (nSPS) is 17.3. The van der Waals surface area contributed by atoms with Crippen molar-refractivity contribution in [3.05, 3.63) is 59.9 Å². The number of pyridine rings is 1. The van der Waals surface area contributed by atoms with Crippen molar-refractivity contribution in [2.75, 3.05) is 26.3 Å². The lowest BCUT2D eigenvalue weighted by Crippen LogP contribution is -2.28. The summed E-state index contributed by atoms with van der Waals surface area (Å²) in [6.07, 6.45) is 5.19. The summed E-state index contributed by atoms with van der Waals surface area (Å²) in [4.78, 5) is 31.9. The van der Waals surface area contributed by atoms with Crippen molar-refractivity contribution in [2.24, 2.45) is 0 Å². The number of carbonyl (C=O) groups excluding carboxylic acids is 2. The van der Waals surface area contributed by atoms with E-state index in [1.807, 2.05) is 12.1 Å². The van der Waals surface area contributed by atoms with E-state index in [2.05, 4.69) is 16.8 Å². The van der Waals surface area contributed by atoms with E-state index >= 15 is 0 Å². The van der Waals surface area contributed by atoms with Gasteiger partial charge in [-0.15, -0.1) is 0 Å². The number of likely N-dealkylation sites (tertiary alicyclic amines) is 1. The Morgan fingerprint density at radius 1 is 1.19 bits per heavy atom. The Balaban J connectivity index is 1.53. The van der Waals surface area contributed by atoms with E-state index in [4.69, 9.17) is 9.47 Å². The quantitative estimate of drug-likeness (QED) is 0.305. The van der Waals surface area contributed by atoms with Crippen molar-refractivity contribution < 1.29 is 19.1 Å². The molecule has 0 bridgehead atoms. The molecule has 2 aromatic rings. The first-order chi connectivity index (χ1) is 15.1. The highest BCUT2D eigenvalue weighted by atomic mass is 16.5. The minimum Gasteiger partial charge on any atom is -0.494 e. The number of esters is 1. The van der Waals surface area contributed by atoms with Crippen molar-refractivity contribution in [3.8, 4) is 5.75 Å². The van der Waals surface area contributed by atoms with Crippen molar-refractivity contribution in [1.82, 2.24) is 9.88 Å². The van der Waals surface area contributed by atoms with E-state index < -0.39 is 11.9 Å². The van der Waals surface area contributed by atoms with Crippen LogP contribution < -0.4 is 4.74 Å². The second-order valence-electron chi connectivity index (χ2n) is 7.94. The highest BCUT2D eigenvalue weighted by Gasteiger charge is 2.26. The van der Waals surface area contributed by atoms with Gasteiger partial charge < -0.3 is 14.4 Å². The number of ether oxygens (including phenoxy) is 2. The maximum Gasteiger partial charge on any atom is 0.315 e. The molecule has 0 spiro atoms. The van der Waals surface area contributed by atoms with Crippen LogP contribution in [-0.4, -0.2) is 54.0 Å². The van der Waals surface area contributed by atoms with Gasteiger partial charge in [0.1, 0.15) is 11.7 Å². The van der Waals surface area contributed by atoms with Crippen LogP contribution in [0.1, 0.15) is 61.5 Å². The predicted molar refractivity (Wildman–Crippen MR) is 119 cm³/mol. The van der Waals surface area contributed by atoms with E-state index in [1.54, 1.807) is 43.5 Å². The van der Waals surface area contributed by atoms with E-state index in [0.717, 1.165) is 18.7 Å². The van der Waals surface area contributed by atoms with E-state index in [-0.39, 0.29) is 18.8 Å². The van der Waals surface area contributed by atoms with Crippen LogP contribution in [0.25, 0.3) is 0 Å². The number of rotatable bonds is 11. The van der Waals surface area contributed by atoms with Gasteiger partial charge in [0.15, 0.2) is 5.78 Å². The number of hydrogen-bond acceptors (Lipinski definition) is 6. The fourth-order valence-electron chi connectivity index (χ4n) is 3.96. The molecule has 6 heteroatoms. The first kappa shape index (κ1) is 22.9. The fourth-order valence-corrected chi connectivity index (χ4v) is 3.96. The van der Waals surface area contributed by atoms with Gasteiger partial charge in [-0.05, 0) is 76.1 Å². The number of nitrogens with zero attached hydrogens (tertiary/aromatic N) is 2. The first-order valence-corrected chi connectivity index (χ1v) is 11.2. The molecular weight excluding hydrogens is 392 g/mol. The topological polar surface area (TPSA) is 68.7 Å². The molecule has 0 radical (unpaired) electrons. The Morgan fingerprint density at radius 2 is 2.00 bits per heavy atom. The molecule has 2 heterocycles. The third-order valence-corrected chi connectivity index (χ3v) is 5.73. The Kier molecular flexibility index (Phi) is 8.59. The Hall–Kier alpha value is -2.73. The molecule has 2 atom stereocenters. The number of benzene rings is 1. The number of carbonyl (C=O) groups is 2. The first-order valence-electron chi connectivity index (χ1n) is 11.2. The molecule has 1 saturated heterocycles. The minimum absolute atomic E-state index is 0.0179. The van der Waals surface area contributed by atoms with Crippen molar-refractivity contribution >= 4 is 11.8 Å². The van der Waals surface area contributed by atoms with Crippen LogP contribution >= 0.6 is 0 Å². The highest BCUT2D eigenvalue weighted by molar-refractivity contribution is 5.99. The van der Waals surface area contributed by atoms with Gasteiger partial charge in [0.25, 0.3) is 0 Å². The van der Waals surface area contributed by atoms with Gasteiger partial charge in [0.05, 0.1) is 18.9 Å². The van der Waals surface area contributed by atoms with Gasteiger partial charge in [-0.1, -0.05) is 6.07 Å². The molecule has 0 aliphatic carbocycles. The number of Topliss-reactive ketones (excluding diaryl/α,β-unsaturated/α-hetero) is 1. The van der Waals surface area contributed by atoms with Crippen LogP contribution in [0.5, 0.6) is 5.75 Å². The summed E-state index contributed by atoms with van der Waals surface area (Å²) in [6, 6.07) is 13.1. The summed E-state index contributed by atoms with van der Waals surface area (Å²) in [5.74, 6) is -0.518. The molecule has 0 saturated carbocycles. The largest absolute Gasteiger partial charge is 0.494 e. The minimum atomic E-state index is -0.711. The molecule has 166 valence electrons. The summed E-state index contributed by atoms with van der Waals surface area (Å²) in [5, 5.41) is 0. The average Bonchev–Trinajstić information content (AvgIpc) is 3.20. The van der Waals surface area contributed by atoms with Gasteiger partial charge >= 0.3 is 5.97 Å². The molecule has 1 aliphatic rings. The number of ketones is 1. The van der Waals surface area contributed by atoms with E-state index in [9.17, 15) is 9.59 Å². The van der Waals surface area contributed by atoms with Gasteiger partial charge in [-0.3, -0.25) is 14.6 Å². The summed E-state index contributed by atoms with van der Waals surface area (Å²) < 4.78 is 11.0. The van der Waals surface area contributed by atoms with Crippen LogP contribution in [0.2, 0.25) is 0 Å². The maximum atomic E-state index is 12.8. The number of aromatic nitrogens is 1. The van der Waals surface area contributed by atoms with Crippen molar-refractivity contribution in [3.63, 3.8) is 0 Å². The number of hydrogen-bond donors (Lipinski definition) is 0. The zero-order valence-corrected chi connectivity index (χ0v) is 18.5. The molecule has 1 fully saturated rings. The highest BCUT2D eigenvalue weighted by Crippen LogP contribution is 2.23. The molecule has 0 amide bonds. The predicted octanol–water partition coefficient (Wildman–Crippen LogP) is 4.25. The van der Waals surface area contributed by atoms with E-state index in [1.165, 1.54) is 19.4 Å². The third kappa shape index (κ3) is 6.62. The second-order valence-corrected chi connectivity index (χ2v) is 7.94. The molecule has 1 aromatic carbocycles. The van der Waals surface area contributed by atoms with Crippen LogP contribution in [0.3, 0.4) is 0 Å². The van der Waals surface area contributed by atoms with Gasteiger partial charge in [-0.2, -0.15) is 0 Å². The Morgan fingerprint density at radius 3 is 2.65 bits per heavy atom. The summed E-state index contributed by atoms with van der Waals surface area (Å²) >= 11 is 0. The molecule has 1 aromatic heterocycles. The Labute approximate surface area is 184 Å². The zero-order chi connectivity index (χ0) is 22.1. The zero-order valence-electron chi connectivity index (χ0n) is 18.5.